The number of carbonyl (C=O) groups excluding carboxylic acids is 1. The van der Waals surface area contributed by atoms with Crippen LogP contribution in [-0.4, -0.2) is 33.3 Å². The number of rotatable bonds is 5. The van der Waals surface area contributed by atoms with Gasteiger partial charge in [-0.1, -0.05) is 24.3 Å². The summed E-state index contributed by atoms with van der Waals surface area (Å²) in [6, 6.07) is 17.3. The largest absolute Gasteiger partial charge is 0.573 e. The highest BCUT2D eigenvalue weighted by Gasteiger charge is 2.37. The highest BCUT2D eigenvalue weighted by atomic mass is 32.2. The molecule has 34 heavy (non-hydrogen) atoms. The van der Waals surface area contributed by atoms with Crippen LogP contribution in [0.15, 0.2) is 77.7 Å². The predicted molar refractivity (Wildman–Crippen MR) is 118 cm³/mol. The third kappa shape index (κ3) is 5.09. The Labute approximate surface area is 193 Å². The van der Waals surface area contributed by atoms with E-state index < -0.39 is 34.1 Å². The molecule has 0 aliphatic carbocycles. The average Bonchev–Trinajstić information content (AvgIpc) is 2.79. The van der Waals surface area contributed by atoms with Gasteiger partial charge in [-0.3, -0.25) is 9.10 Å². The third-order valence-corrected chi connectivity index (χ3v) is 6.76. The summed E-state index contributed by atoms with van der Waals surface area (Å²) in [5.41, 5.74) is 1.30. The quantitative estimate of drug-likeness (QED) is 0.568. The highest BCUT2D eigenvalue weighted by Crippen LogP contribution is 2.38. The van der Waals surface area contributed by atoms with Gasteiger partial charge in [0.15, 0.2) is 6.10 Å². The van der Waals surface area contributed by atoms with Gasteiger partial charge in [-0.25, -0.2) is 8.42 Å². The van der Waals surface area contributed by atoms with Gasteiger partial charge in [0, 0.05) is 5.69 Å². The number of fused-ring (bicyclic) bond motifs is 1. The second-order valence-electron chi connectivity index (χ2n) is 7.49. The van der Waals surface area contributed by atoms with E-state index >= 15 is 0 Å². The Balaban J connectivity index is 1.59. The van der Waals surface area contributed by atoms with Crippen LogP contribution in [0.1, 0.15) is 5.56 Å². The van der Waals surface area contributed by atoms with Crippen LogP contribution in [0.3, 0.4) is 0 Å². The number of alkyl halides is 3. The normalized spacial score (nSPS) is 15.8. The number of aryl methyl sites for hydroxylation is 1. The molecule has 7 nitrogen and oxygen atoms in total. The lowest BCUT2D eigenvalue weighted by Gasteiger charge is -2.35. The van der Waals surface area contributed by atoms with Crippen LogP contribution >= 0.6 is 0 Å². The molecule has 0 spiro atoms. The number of anilines is 2. The zero-order valence-corrected chi connectivity index (χ0v) is 18.6. The lowest BCUT2D eigenvalue weighted by atomic mass is 10.1. The van der Waals surface area contributed by atoms with E-state index in [4.69, 9.17) is 4.74 Å². The maximum atomic E-state index is 13.4. The van der Waals surface area contributed by atoms with Crippen LogP contribution in [0.2, 0.25) is 0 Å². The Morgan fingerprint density at radius 1 is 1.06 bits per heavy atom. The van der Waals surface area contributed by atoms with E-state index in [0.717, 1.165) is 22.0 Å². The molecule has 1 N–H and O–H groups in total. The first-order chi connectivity index (χ1) is 16.0. The molecule has 1 aliphatic heterocycles. The number of hydrogen-bond donors (Lipinski definition) is 1. The first-order valence-corrected chi connectivity index (χ1v) is 11.5. The van der Waals surface area contributed by atoms with Crippen LogP contribution in [0.4, 0.5) is 24.5 Å². The molecule has 1 aliphatic rings. The molecule has 0 unspecified atom stereocenters. The van der Waals surface area contributed by atoms with Crippen molar-refractivity contribution in [3.8, 4) is 11.5 Å². The number of nitrogens with one attached hydrogen (secondary N) is 1. The Morgan fingerprint density at radius 2 is 1.74 bits per heavy atom. The Bertz CT molecular complexity index is 1300. The molecule has 0 bridgehead atoms. The zero-order valence-electron chi connectivity index (χ0n) is 17.7. The molecule has 0 radical (unpaired) electrons. The van der Waals surface area contributed by atoms with Crippen molar-refractivity contribution in [2.24, 2.45) is 0 Å². The van der Waals surface area contributed by atoms with E-state index in [2.05, 4.69) is 10.1 Å². The molecule has 0 saturated carbocycles. The number of carbonyl (C=O) groups is 1. The van der Waals surface area contributed by atoms with Crippen molar-refractivity contribution in [2.75, 3.05) is 16.2 Å². The fourth-order valence-electron chi connectivity index (χ4n) is 3.41. The summed E-state index contributed by atoms with van der Waals surface area (Å²) in [7, 11) is -4.00. The number of nitrogens with zero attached hydrogens (tertiary/aromatic N) is 1. The average molecular weight is 492 g/mol. The van der Waals surface area contributed by atoms with Crippen molar-refractivity contribution in [3.63, 3.8) is 0 Å². The highest BCUT2D eigenvalue weighted by molar-refractivity contribution is 7.92. The van der Waals surface area contributed by atoms with Gasteiger partial charge in [-0.2, -0.15) is 0 Å². The lowest BCUT2D eigenvalue weighted by Crippen LogP contribution is -2.48. The Kier molecular flexibility index (Phi) is 6.13. The van der Waals surface area contributed by atoms with E-state index in [0.29, 0.717) is 5.69 Å². The molecule has 4 rings (SSSR count). The number of hydrogen-bond acceptors (Lipinski definition) is 5. The third-order valence-electron chi connectivity index (χ3n) is 4.96. The molecule has 1 heterocycles. The van der Waals surface area contributed by atoms with Crippen molar-refractivity contribution >= 4 is 27.3 Å². The summed E-state index contributed by atoms with van der Waals surface area (Å²) in [5, 5.41) is 2.53. The first-order valence-electron chi connectivity index (χ1n) is 10.0. The summed E-state index contributed by atoms with van der Waals surface area (Å²) < 4.78 is 74.5. The first kappa shape index (κ1) is 23.4. The van der Waals surface area contributed by atoms with Crippen molar-refractivity contribution in [3.05, 3.63) is 78.4 Å². The molecule has 3 aromatic rings. The summed E-state index contributed by atoms with van der Waals surface area (Å²) in [4.78, 5) is 13.0. The van der Waals surface area contributed by atoms with Crippen LogP contribution in [0.5, 0.6) is 11.5 Å². The topological polar surface area (TPSA) is 84.9 Å². The number of halogens is 3. The maximum Gasteiger partial charge on any atom is 0.573 e. The number of sulfonamides is 1. The summed E-state index contributed by atoms with van der Waals surface area (Å²) in [6.45, 7) is 1.51. The molecule has 0 aromatic heterocycles. The minimum atomic E-state index is -4.83. The van der Waals surface area contributed by atoms with Gasteiger partial charge in [0.05, 0.1) is 17.1 Å². The SMILES string of the molecule is Cc1ccc2c(c1)N(S(=O)(=O)c1ccccc1)C[C@@H](C(=O)Nc1ccc(OC(F)(F)F)cc1)O2. The lowest BCUT2D eigenvalue weighted by molar-refractivity contribution is -0.274. The molecular formula is C23H19F3N2O5S. The van der Waals surface area contributed by atoms with Crippen molar-refractivity contribution < 1.29 is 35.9 Å². The van der Waals surface area contributed by atoms with Crippen LogP contribution in [-0.2, 0) is 14.8 Å². The molecule has 3 aromatic carbocycles. The van der Waals surface area contributed by atoms with Gasteiger partial charge >= 0.3 is 6.36 Å². The van der Waals surface area contributed by atoms with Crippen LogP contribution in [0, 0.1) is 6.92 Å². The predicted octanol–water partition coefficient (Wildman–Crippen LogP) is 4.49. The van der Waals surface area contributed by atoms with Crippen molar-refractivity contribution in [1.82, 2.24) is 0 Å². The van der Waals surface area contributed by atoms with Gasteiger partial charge in [0.25, 0.3) is 15.9 Å². The number of amides is 1. The molecule has 1 amide bonds. The van der Waals surface area contributed by atoms with E-state index in [1.54, 1.807) is 43.3 Å². The van der Waals surface area contributed by atoms with E-state index in [-0.39, 0.29) is 22.9 Å². The maximum absolute atomic E-state index is 13.4. The van der Waals surface area contributed by atoms with Crippen molar-refractivity contribution in [2.45, 2.75) is 24.3 Å². The zero-order chi connectivity index (χ0) is 24.5. The fraction of sp³-hybridized carbons (Fsp3) is 0.174. The molecular weight excluding hydrogens is 473 g/mol. The van der Waals surface area contributed by atoms with Gasteiger partial charge in [-0.05, 0) is 61.0 Å². The van der Waals surface area contributed by atoms with Crippen molar-refractivity contribution in [1.29, 1.82) is 0 Å². The smallest absolute Gasteiger partial charge is 0.476 e. The Morgan fingerprint density at radius 3 is 2.38 bits per heavy atom. The second-order valence-corrected chi connectivity index (χ2v) is 9.35. The monoisotopic (exact) mass is 492 g/mol. The summed E-state index contributed by atoms with van der Waals surface area (Å²) in [6.07, 6.45) is -6.04. The van der Waals surface area contributed by atoms with E-state index in [9.17, 15) is 26.4 Å². The minimum absolute atomic E-state index is 0.0590. The van der Waals surface area contributed by atoms with Crippen LogP contribution < -0.4 is 19.1 Å². The Hall–Kier alpha value is -3.73. The standard InChI is InChI=1S/C23H19F3N2O5S/c1-15-7-12-20-19(13-15)28(34(30,31)18-5-3-2-4-6-18)14-21(32-20)22(29)27-16-8-10-17(11-9-16)33-23(24,25)26/h2-13,21H,14H2,1H3,(H,27,29)/t21-/m0/s1. The van der Waals surface area contributed by atoms with E-state index in [1.807, 2.05) is 0 Å². The van der Waals surface area contributed by atoms with Gasteiger partial charge < -0.3 is 14.8 Å². The van der Waals surface area contributed by atoms with Gasteiger partial charge in [0.2, 0.25) is 0 Å². The second kappa shape index (κ2) is 8.90. The number of benzene rings is 3. The van der Waals surface area contributed by atoms with Gasteiger partial charge in [-0.15, -0.1) is 13.2 Å². The van der Waals surface area contributed by atoms with Crippen LogP contribution in [0.25, 0.3) is 0 Å². The molecule has 0 saturated heterocycles. The molecule has 1 atom stereocenters. The van der Waals surface area contributed by atoms with E-state index in [1.165, 1.54) is 24.3 Å². The summed E-state index contributed by atoms with van der Waals surface area (Å²) in [5.74, 6) is -0.891. The molecule has 0 fully saturated rings. The van der Waals surface area contributed by atoms with Gasteiger partial charge in [0.1, 0.15) is 11.5 Å². The molecule has 11 heteroatoms. The minimum Gasteiger partial charge on any atom is -0.476 e. The fourth-order valence-corrected chi connectivity index (χ4v) is 4.90. The number of ether oxygens (including phenoxy) is 2. The molecule has 178 valence electrons. The summed E-state index contributed by atoms with van der Waals surface area (Å²) >= 11 is 0.